The van der Waals surface area contributed by atoms with E-state index in [-0.39, 0.29) is 0 Å². The molecule has 0 aromatic carbocycles. The number of hydrogen-bond donors (Lipinski definition) is 0. The van der Waals surface area contributed by atoms with Crippen LogP contribution in [-0.2, 0) is 39.1 Å². The second-order valence-electron chi connectivity index (χ2n) is 2.79. The van der Waals surface area contributed by atoms with Crippen LogP contribution in [-0.4, -0.2) is 31.9 Å². The van der Waals surface area contributed by atoms with E-state index in [9.17, 15) is 4.79 Å². The van der Waals surface area contributed by atoms with Crippen LogP contribution in [0.4, 0.5) is 4.79 Å². The van der Waals surface area contributed by atoms with Crippen molar-refractivity contribution in [3.63, 3.8) is 0 Å². The monoisotopic (exact) mass is 270 g/mol. The normalized spacial score (nSPS) is 14.0. The second kappa shape index (κ2) is 11.1. The number of ether oxygens (including phenoxy) is 2. The largest absolute Gasteiger partial charge is 0.577 e. The molecule has 0 spiro atoms. The van der Waals surface area contributed by atoms with Crippen LogP contribution in [0, 0.1) is 0 Å². The van der Waals surface area contributed by atoms with Gasteiger partial charge in [-0.2, -0.15) is 14.6 Å². The molecule has 0 heterocycles. The fourth-order valence-corrected chi connectivity index (χ4v) is 0.744. The minimum atomic E-state index is -1.32. The van der Waals surface area contributed by atoms with Crippen LogP contribution in [0.3, 0.4) is 0 Å². The van der Waals surface area contributed by atoms with Crippen molar-refractivity contribution in [3.05, 3.63) is 0 Å². The van der Waals surface area contributed by atoms with E-state index in [2.05, 4.69) is 29.6 Å². The lowest BCUT2D eigenvalue weighted by Crippen LogP contribution is -2.18. The Labute approximate surface area is 104 Å². The van der Waals surface area contributed by atoms with E-state index in [0.29, 0.717) is 13.2 Å². The first kappa shape index (κ1) is 17.0. The molecule has 0 aromatic heterocycles. The Kier molecular flexibility index (Phi) is 10.5. The molecular formula is C9H18O9. The first-order valence-electron chi connectivity index (χ1n) is 5.37. The maximum atomic E-state index is 10.8. The van der Waals surface area contributed by atoms with Crippen LogP contribution in [0.1, 0.15) is 27.7 Å². The fraction of sp³-hybridized carbons (Fsp3) is 0.889. The summed E-state index contributed by atoms with van der Waals surface area (Å²) in [5, 5.41) is 8.10. The lowest BCUT2D eigenvalue weighted by atomic mass is 10.7. The van der Waals surface area contributed by atoms with Crippen molar-refractivity contribution in [3.8, 4) is 0 Å². The van der Waals surface area contributed by atoms with Crippen LogP contribution in [0.25, 0.3) is 0 Å². The van der Waals surface area contributed by atoms with Gasteiger partial charge < -0.3 is 9.47 Å². The summed E-state index contributed by atoms with van der Waals surface area (Å²) in [7, 11) is 0. The summed E-state index contributed by atoms with van der Waals surface area (Å²) in [5.74, 6) is 0. The highest BCUT2D eigenvalue weighted by Gasteiger charge is 2.12. The van der Waals surface area contributed by atoms with Crippen LogP contribution in [0.15, 0.2) is 0 Å². The molecule has 0 aliphatic heterocycles. The van der Waals surface area contributed by atoms with Gasteiger partial charge in [-0.3, -0.25) is 0 Å². The molecule has 108 valence electrons. The molecule has 0 saturated heterocycles. The van der Waals surface area contributed by atoms with Gasteiger partial charge in [0.1, 0.15) is 0 Å². The lowest BCUT2D eigenvalue weighted by molar-refractivity contribution is -0.557. The maximum absolute atomic E-state index is 10.8. The average Bonchev–Trinajstić information content (AvgIpc) is 2.29. The summed E-state index contributed by atoms with van der Waals surface area (Å²) < 4.78 is 9.82. The summed E-state index contributed by atoms with van der Waals surface area (Å²) in [4.78, 5) is 27.7. The Bertz CT molecular complexity index is 190. The first-order chi connectivity index (χ1) is 8.60. The van der Waals surface area contributed by atoms with E-state index >= 15 is 0 Å². The van der Waals surface area contributed by atoms with E-state index in [1.165, 1.54) is 0 Å². The molecular weight excluding hydrogens is 252 g/mol. The highest BCUT2D eigenvalue weighted by atomic mass is 17.6. The summed E-state index contributed by atoms with van der Waals surface area (Å²) in [5.41, 5.74) is 0. The molecule has 0 aromatic rings. The quantitative estimate of drug-likeness (QED) is 0.333. The molecule has 2 atom stereocenters. The van der Waals surface area contributed by atoms with Crippen molar-refractivity contribution in [1.29, 1.82) is 0 Å². The molecule has 0 fully saturated rings. The minimum Gasteiger partial charge on any atom is -0.350 e. The van der Waals surface area contributed by atoms with E-state index in [1.54, 1.807) is 27.7 Å². The molecule has 0 N–H and O–H groups in total. The van der Waals surface area contributed by atoms with E-state index < -0.39 is 18.7 Å². The third-order valence-corrected chi connectivity index (χ3v) is 1.36. The Hall–Kier alpha value is -0.970. The topological polar surface area (TPSA) is 90.9 Å². The lowest BCUT2D eigenvalue weighted by Gasteiger charge is -2.10. The number of carbonyl (C=O) groups excluding carboxylic acids is 1. The van der Waals surface area contributed by atoms with Crippen LogP contribution < -0.4 is 0 Å². The molecule has 0 rings (SSSR count). The molecule has 0 radical (unpaired) electrons. The Morgan fingerprint density at radius 2 is 1.28 bits per heavy atom. The Balaban J connectivity index is 3.43. The first-order valence-corrected chi connectivity index (χ1v) is 5.37. The number of carbonyl (C=O) groups is 1. The summed E-state index contributed by atoms with van der Waals surface area (Å²) in [6.07, 6.45) is -2.71. The molecule has 9 heteroatoms. The molecule has 9 nitrogen and oxygen atoms in total. The van der Waals surface area contributed by atoms with Gasteiger partial charge in [-0.15, -0.1) is 0 Å². The molecule has 0 aliphatic carbocycles. The highest BCUT2D eigenvalue weighted by Crippen LogP contribution is 1.99. The Morgan fingerprint density at radius 1 is 0.889 bits per heavy atom. The standard InChI is InChI=1S/C9H18O9/c1-5-11-7(3)13-17-15-9(10)16-18-14-8(4)12-6-2/h7-8H,5-6H2,1-4H3. The van der Waals surface area contributed by atoms with Gasteiger partial charge in [-0.1, -0.05) is 0 Å². The summed E-state index contributed by atoms with van der Waals surface area (Å²) >= 11 is 0. The van der Waals surface area contributed by atoms with Crippen molar-refractivity contribution < 1.29 is 43.9 Å². The van der Waals surface area contributed by atoms with Crippen molar-refractivity contribution in [2.75, 3.05) is 13.2 Å². The van der Waals surface area contributed by atoms with Crippen LogP contribution >= 0.6 is 0 Å². The minimum absolute atomic E-state index is 0.418. The zero-order valence-electron chi connectivity index (χ0n) is 10.7. The molecule has 2 unspecified atom stereocenters. The van der Waals surface area contributed by atoms with Gasteiger partial charge in [-0.25, -0.2) is 9.78 Å². The summed E-state index contributed by atoms with van der Waals surface area (Å²) in [6.45, 7) is 7.45. The van der Waals surface area contributed by atoms with Gasteiger partial charge in [0, 0.05) is 13.2 Å². The molecule has 0 bridgehead atoms. The maximum Gasteiger partial charge on any atom is 0.577 e. The number of hydrogen-bond acceptors (Lipinski definition) is 9. The van der Waals surface area contributed by atoms with Gasteiger partial charge in [0.05, 0.1) is 0 Å². The van der Waals surface area contributed by atoms with Crippen molar-refractivity contribution in [2.24, 2.45) is 0 Å². The molecule has 0 amide bonds. The van der Waals surface area contributed by atoms with Gasteiger partial charge in [0.15, 0.2) is 12.6 Å². The molecule has 0 aliphatic rings. The average molecular weight is 270 g/mol. The summed E-state index contributed by atoms with van der Waals surface area (Å²) in [6, 6.07) is 0. The SMILES string of the molecule is CCOC(C)OOOC(=O)OOOC(C)OCC. The van der Waals surface area contributed by atoms with Crippen LogP contribution in [0.5, 0.6) is 0 Å². The van der Waals surface area contributed by atoms with Crippen LogP contribution in [0.2, 0.25) is 0 Å². The predicted molar refractivity (Wildman–Crippen MR) is 54.1 cm³/mol. The van der Waals surface area contributed by atoms with Gasteiger partial charge in [-0.05, 0) is 37.8 Å². The van der Waals surface area contributed by atoms with E-state index in [1.807, 2.05) is 0 Å². The van der Waals surface area contributed by atoms with Crippen molar-refractivity contribution in [2.45, 2.75) is 40.3 Å². The predicted octanol–water partition coefficient (Wildman–Crippen LogP) is 1.63. The van der Waals surface area contributed by atoms with Crippen molar-refractivity contribution >= 4 is 6.16 Å². The Morgan fingerprint density at radius 3 is 1.61 bits per heavy atom. The van der Waals surface area contributed by atoms with Gasteiger partial charge in [0.25, 0.3) is 0 Å². The smallest absolute Gasteiger partial charge is 0.350 e. The fourth-order valence-electron chi connectivity index (χ4n) is 0.744. The van der Waals surface area contributed by atoms with Gasteiger partial charge >= 0.3 is 6.16 Å². The molecule has 0 saturated carbocycles. The number of rotatable bonds is 10. The zero-order valence-corrected chi connectivity index (χ0v) is 10.7. The van der Waals surface area contributed by atoms with Crippen molar-refractivity contribution in [1.82, 2.24) is 0 Å². The van der Waals surface area contributed by atoms with E-state index in [4.69, 9.17) is 9.47 Å². The van der Waals surface area contributed by atoms with E-state index in [0.717, 1.165) is 0 Å². The third-order valence-electron chi connectivity index (χ3n) is 1.36. The van der Waals surface area contributed by atoms with Gasteiger partial charge in [0.2, 0.25) is 0 Å². The highest BCUT2D eigenvalue weighted by molar-refractivity contribution is 5.57. The second-order valence-corrected chi connectivity index (χ2v) is 2.79. The molecule has 18 heavy (non-hydrogen) atoms. The zero-order chi connectivity index (χ0) is 13.8. The third kappa shape index (κ3) is 10.2.